The highest BCUT2D eigenvalue weighted by molar-refractivity contribution is 5.28. The maximum atomic E-state index is 13.3. The molecule has 3 heteroatoms. The fourth-order valence-electron chi connectivity index (χ4n) is 2.07. The first-order chi connectivity index (χ1) is 8.60. The van der Waals surface area contributed by atoms with Crippen LogP contribution in [0.1, 0.15) is 28.7 Å². The molecule has 2 nitrogen and oxygen atoms in total. The number of rotatable bonds is 4. The van der Waals surface area contributed by atoms with Crippen molar-refractivity contribution in [2.45, 2.75) is 26.3 Å². The molecular formula is C15H18FNO. The Morgan fingerprint density at radius 2 is 2.00 bits per heavy atom. The van der Waals surface area contributed by atoms with Gasteiger partial charge in [-0.1, -0.05) is 6.07 Å². The van der Waals surface area contributed by atoms with Gasteiger partial charge in [-0.05, 0) is 62.7 Å². The van der Waals surface area contributed by atoms with Gasteiger partial charge in [0.2, 0.25) is 0 Å². The molecule has 1 unspecified atom stereocenters. The van der Waals surface area contributed by atoms with Crippen molar-refractivity contribution in [2.24, 2.45) is 0 Å². The van der Waals surface area contributed by atoms with Crippen molar-refractivity contribution in [3.8, 4) is 0 Å². The minimum absolute atomic E-state index is 0.0687. The lowest BCUT2D eigenvalue weighted by Gasteiger charge is -2.15. The highest BCUT2D eigenvalue weighted by atomic mass is 19.1. The van der Waals surface area contributed by atoms with E-state index in [2.05, 4.69) is 5.32 Å². The van der Waals surface area contributed by atoms with Gasteiger partial charge >= 0.3 is 0 Å². The van der Waals surface area contributed by atoms with Crippen LogP contribution < -0.4 is 5.32 Å². The molecule has 0 bridgehead atoms. The number of nitrogens with one attached hydrogen (secondary N) is 1. The molecule has 1 aromatic carbocycles. The van der Waals surface area contributed by atoms with Crippen molar-refractivity contribution >= 4 is 0 Å². The summed E-state index contributed by atoms with van der Waals surface area (Å²) in [6.07, 6.45) is 0.715. The Kier molecular flexibility index (Phi) is 3.82. The third-order valence-corrected chi connectivity index (χ3v) is 3.19. The van der Waals surface area contributed by atoms with Crippen molar-refractivity contribution < 1.29 is 8.81 Å². The van der Waals surface area contributed by atoms with Crippen LogP contribution >= 0.6 is 0 Å². The van der Waals surface area contributed by atoms with Crippen molar-refractivity contribution in [1.29, 1.82) is 0 Å². The molecule has 1 aromatic heterocycles. The van der Waals surface area contributed by atoms with E-state index in [4.69, 9.17) is 4.42 Å². The van der Waals surface area contributed by atoms with Gasteiger partial charge in [-0.2, -0.15) is 0 Å². The Hall–Kier alpha value is -1.61. The van der Waals surface area contributed by atoms with Gasteiger partial charge in [-0.3, -0.25) is 0 Å². The summed E-state index contributed by atoms with van der Waals surface area (Å²) in [7, 11) is 1.89. The lowest BCUT2D eigenvalue weighted by molar-refractivity contribution is 0.414. The summed E-state index contributed by atoms with van der Waals surface area (Å²) in [6, 6.07) is 8.87. The van der Waals surface area contributed by atoms with Crippen LogP contribution in [0.5, 0.6) is 0 Å². The summed E-state index contributed by atoms with van der Waals surface area (Å²) >= 11 is 0. The molecule has 0 saturated heterocycles. The van der Waals surface area contributed by atoms with Crippen LogP contribution in [0.3, 0.4) is 0 Å². The molecule has 2 aromatic rings. The second-order valence-electron chi connectivity index (χ2n) is 4.56. The Labute approximate surface area is 107 Å². The molecule has 0 aliphatic heterocycles. The SMILES string of the molecule is CNC(Cc1cc(F)ccc1C)c1ccc(C)o1. The smallest absolute Gasteiger partial charge is 0.123 e. The van der Waals surface area contributed by atoms with Crippen LogP contribution in [0.25, 0.3) is 0 Å². The van der Waals surface area contributed by atoms with E-state index in [-0.39, 0.29) is 11.9 Å². The van der Waals surface area contributed by atoms with Gasteiger partial charge in [-0.25, -0.2) is 4.39 Å². The highest BCUT2D eigenvalue weighted by Gasteiger charge is 2.15. The van der Waals surface area contributed by atoms with Crippen LogP contribution in [-0.2, 0) is 6.42 Å². The molecule has 1 atom stereocenters. The Morgan fingerprint density at radius 1 is 1.22 bits per heavy atom. The molecule has 96 valence electrons. The normalized spacial score (nSPS) is 12.7. The quantitative estimate of drug-likeness (QED) is 0.894. The van der Waals surface area contributed by atoms with Gasteiger partial charge in [0, 0.05) is 0 Å². The maximum Gasteiger partial charge on any atom is 0.123 e. The monoisotopic (exact) mass is 247 g/mol. The van der Waals surface area contributed by atoms with Gasteiger partial charge in [0.1, 0.15) is 17.3 Å². The van der Waals surface area contributed by atoms with E-state index >= 15 is 0 Å². The van der Waals surface area contributed by atoms with E-state index in [0.29, 0.717) is 6.42 Å². The molecule has 1 N–H and O–H groups in total. The van der Waals surface area contributed by atoms with E-state index in [0.717, 1.165) is 22.6 Å². The second kappa shape index (κ2) is 5.36. The summed E-state index contributed by atoms with van der Waals surface area (Å²) in [5.74, 6) is 1.58. The Bertz CT molecular complexity index is 533. The van der Waals surface area contributed by atoms with E-state index in [1.54, 1.807) is 6.07 Å². The number of likely N-dealkylation sites (N-methyl/N-ethyl adjacent to an activating group) is 1. The highest BCUT2D eigenvalue weighted by Crippen LogP contribution is 2.22. The lowest BCUT2D eigenvalue weighted by atomic mass is 9.99. The van der Waals surface area contributed by atoms with Crippen LogP contribution in [0.4, 0.5) is 4.39 Å². The third-order valence-electron chi connectivity index (χ3n) is 3.19. The molecule has 0 aliphatic rings. The summed E-state index contributed by atoms with van der Waals surface area (Å²) < 4.78 is 18.9. The van der Waals surface area contributed by atoms with Gasteiger partial charge in [0.05, 0.1) is 6.04 Å². The maximum absolute atomic E-state index is 13.3. The fourth-order valence-corrected chi connectivity index (χ4v) is 2.07. The van der Waals surface area contributed by atoms with Crippen molar-refractivity contribution in [1.82, 2.24) is 5.32 Å². The van der Waals surface area contributed by atoms with E-state index in [1.165, 1.54) is 6.07 Å². The van der Waals surface area contributed by atoms with Crippen molar-refractivity contribution in [3.63, 3.8) is 0 Å². The molecule has 0 radical (unpaired) electrons. The number of benzene rings is 1. The molecule has 18 heavy (non-hydrogen) atoms. The lowest BCUT2D eigenvalue weighted by Crippen LogP contribution is -2.18. The topological polar surface area (TPSA) is 25.2 Å². The zero-order chi connectivity index (χ0) is 13.1. The van der Waals surface area contributed by atoms with Gasteiger partial charge in [0.15, 0.2) is 0 Å². The van der Waals surface area contributed by atoms with Gasteiger partial charge in [0.25, 0.3) is 0 Å². The van der Waals surface area contributed by atoms with Gasteiger partial charge in [-0.15, -0.1) is 0 Å². The zero-order valence-corrected chi connectivity index (χ0v) is 11.0. The predicted molar refractivity (Wildman–Crippen MR) is 70.1 cm³/mol. The molecule has 0 amide bonds. The number of halogens is 1. The van der Waals surface area contributed by atoms with Crippen LogP contribution in [0, 0.1) is 19.7 Å². The largest absolute Gasteiger partial charge is 0.465 e. The molecule has 0 saturated carbocycles. The Balaban J connectivity index is 2.22. The van der Waals surface area contributed by atoms with E-state index in [9.17, 15) is 4.39 Å². The van der Waals surface area contributed by atoms with Crippen LogP contribution in [0.2, 0.25) is 0 Å². The average molecular weight is 247 g/mol. The number of furan rings is 1. The molecule has 0 spiro atoms. The molecule has 1 heterocycles. The van der Waals surface area contributed by atoms with E-state index in [1.807, 2.05) is 39.1 Å². The molecule has 0 fully saturated rings. The van der Waals surface area contributed by atoms with Crippen LogP contribution in [0.15, 0.2) is 34.7 Å². The van der Waals surface area contributed by atoms with Crippen molar-refractivity contribution in [2.75, 3.05) is 7.05 Å². The molecule has 0 aliphatic carbocycles. The molecule has 2 rings (SSSR count). The van der Waals surface area contributed by atoms with Crippen LogP contribution in [-0.4, -0.2) is 7.05 Å². The standard InChI is InChI=1S/C15H18FNO/c1-10-4-6-13(16)8-12(10)9-14(17-3)15-7-5-11(2)18-15/h4-8,14,17H,9H2,1-3H3. The minimum Gasteiger partial charge on any atom is -0.465 e. The molecular weight excluding hydrogens is 229 g/mol. The summed E-state index contributed by atoms with van der Waals surface area (Å²) in [5, 5.41) is 3.21. The first-order valence-electron chi connectivity index (χ1n) is 6.09. The first-order valence-corrected chi connectivity index (χ1v) is 6.09. The van der Waals surface area contributed by atoms with Crippen molar-refractivity contribution in [3.05, 3.63) is 58.8 Å². The summed E-state index contributed by atoms with van der Waals surface area (Å²) in [4.78, 5) is 0. The van der Waals surface area contributed by atoms with Gasteiger partial charge < -0.3 is 9.73 Å². The fraction of sp³-hybridized carbons (Fsp3) is 0.333. The van der Waals surface area contributed by atoms with E-state index < -0.39 is 0 Å². The predicted octanol–water partition coefficient (Wildman–Crippen LogP) is 3.54. The zero-order valence-electron chi connectivity index (χ0n) is 11.0. The average Bonchev–Trinajstić information content (AvgIpc) is 2.77. The summed E-state index contributed by atoms with van der Waals surface area (Å²) in [5.41, 5.74) is 2.10. The third kappa shape index (κ3) is 2.79. The second-order valence-corrected chi connectivity index (χ2v) is 4.56. The first kappa shape index (κ1) is 12.8. The minimum atomic E-state index is -0.193. The number of hydrogen-bond donors (Lipinski definition) is 1. The Morgan fingerprint density at radius 3 is 2.61 bits per heavy atom. The number of aryl methyl sites for hydroxylation is 2. The number of hydrogen-bond acceptors (Lipinski definition) is 2. The summed E-state index contributed by atoms with van der Waals surface area (Å²) in [6.45, 7) is 3.92.